The highest BCUT2D eigenvalue weighted by atomic mass is 32.1. The Morgan fingerprint density at radius 1 is 1.62 bits per heavy atom. The normalized spacial score (nSPS) is 19.9. The number of hydrogen-bond acceptors (Lipinski definition) is 4. The minimum atomic E-state index is 0.0799. The molecule has 0 aliphatic carbocycles. The Labute approximate surface area is 99.3 Å². The van der Waals surface area contributed by atoms with Gasteiger partial charge in [0.25, 0.3) is 0 Å². The molecule has 0 aromatic carbocycles. The molecule has 1 atom stereocenters. The molecule has 1 aliphatic heterocycles. The van der Waals surface area contributed by atoms with E-state index in [1.54, 1.807) is 17.0 Å². The third kappa shape index (κ3) is 2.02. The van der Waals surface area contributed by atoms with Crippen molar-refractivity contribution in [3.63, 3.8) is 0 Å². The van der Waals surface area contributed by atoms with Gasteiger partial charge in [0.2, 0.25) is 5.91 Å². The van der Waals surface area contributed by atoms with Gasteiger partial charge in [-0.25, -0.2) is 4.98 Å². The Morgan fingerprint density at radius 3 is 2.94 bits per heavy atom. The highest BCUT2D eigenvalue weighted by molar-refractivity contribution is 7.80. The van der Waals surface area contributed by atoms with Crippen LogP contribution in [0.3, 0.4) is 0 Å². The van der Waals surface area contributed by atoms with Crippen molar-refractivity contribution in [2.24, 2.45) is 5.92 Å². The van der Waals surface area contributed by atoms with Crippen LogP contribution in [0.15, 0.2) is 18.3 Å². The van der Waals surface area contributed by atoms with Crippen LogP contribution in [0.25, 0.3) is 0 Å². The molecule has 0 spiro atoms. The SMILES string of the molecule is N#Cc1ccc(N2CC(CS)CC2=O)nc1. The van der Waals surface area contributed by atoms with Gasteiger partial charge in [-0.15, -0.1) is 0 Å². The molecule has 0 N–H and O–H groups in total. The lowest BCUT2D eigenvalue weighted by Crippen LogP contribution is -2.25. The molecule has 16 heavy (non-hydrogen) atoms. The molecule has 1 unspecified atom stereocenters. The first-order valence-electron chi connectivity index (χ1n) is 5.02. The summed E-state index contributed by atoms with van der Waals surface area (Å²) in [5, 5.41) is 8.65. The second-order valence-corrected chi connectivity index (χ2v) is 4.14. The number of hydrogen-bond donors (Lipinski definition) is 1. The maximum absolute atomic E-state index is 11.7. The Hall–Kier alpha value is -1.54. The monoisotopic (exact) mass is 233 g/mol. The summed E-state index contributed by atoms with van der Waals surface area (Å²) >= 11 is 4.20. The maximum Gasteiger partial charge on any atom is 0.228 e. The summed E-state index contributed by atoms with van der Waals surface area (Å²) in [4.78, 5) is 17.4. The van der Waals surface area contributed by atoms with Gasteiger partial charge < -0.3 is 0 Å². The van der Waals surface area contributed by atoms with Crippen molar-refractivity contribution in [2.45, 2.75) is 6.42 Å². The molecule has 1 aromatic heterocycles. The van der Waals surface area contributed by atoms with E-state index in [-0.39, 0.29) is 5.91 Å². The second-order valence-electron chi connectivity index (χ2n) is 3.77. The van der Waals surface area contributed by atoms with Gasteiger partial charge in [-0.1, -0.05) is 0 Å². The van der Waals surface area contributed by atoms with Crippen molar-refractivity contribution >= 4 is 24.4 Å². The molecule has 0 bridgehead atoms. The fourth-order valence-corrected chi connectivity index (χ4v) is 1.98. The largest absolute Gasteiger partial charge is 0.297 e. The second kappa shape index (κ2) is 4.54. The number of anilines is 1. The number of nitrogens with zero attached hydrogens (tertiary/aromatic N) is 3. The van der Waals surface area contributed by atoms with Crippen LogP contribution < -0.4 is 4.90 Å². The van der Waals surface area contributed by atoms with E-state index in [1.165, 1.54) is 6.20 Å². The van der Waals surface area contributed by atoms with E-state index >= 15 is 0 Å². The third-order valence-electron chi connectivity index (χ3n) is 2.62. The van der Waals surface area contributed by atoms with Crippen LogP contribution in [0, 0.1) is 17.2 Å². The van der Waals surface area contributed by atoms with Crippen molar-refractivity contribution in [3.05, 3.63) is 23.9 Å². The van der Waals surface area contributed by atoms with Crippen molar-refractivity contribution in [3.8, 4) is 6.07 Å². The number of aromatic nitrogens is 1. The Morgan fingerprint density at radius 2 is 2.44 bits per heavy atom. The Bertz CT molecular complexity index is 438. The summed E-state index contributed by atoms with van der Waals surface area (Å²) in [5.41, 5.74) is 0.501. The number of thiol groups is 1. The maximum atomic E-state index is 11.7. The molecule has 0 saturated carbocycles. The van der Waals surface area contributed by atoms with Crippen LogP contribution >= 0.6 is 12.6 Å². The summed E-state index contributed by atoms with van der Waals surface area (Å²) in [6, 6.07) is 5.37. The summed E-state index contributed by atoms with van der Waals surface area (Å²) in [7, 11) is 0. The predicted molar refractivity (Wildman–Crippen MR) is 63.3 cm³/mol. The summed E-state index contributed by atoms with van der Waals surface area (Å²) in [6.07, 6.45) is 2.02. The van der Waals surface area contributed by atoms with Gasteiger partial charge >= 0.3 is 0 Å². The zero-order chi connectivity index (χ0) is 11.5. The summed E-state index contributed by atoms with van der Waals surface area (Å²) < 4.78 is 0. The van der Waals surface area contributed by atoms with Crippen LogP contribution in [0.1, 0.15) is 12.0 Å². The third-order valence-corrected chi connectivity index (χ3v) is 3.13. The van der Waals surface area contributed by atoms with Gasteiger partial charge in [0.15, 0.2) is 0 Å². The van der Waals surface area contributed by atoms with Crippen LogP contribution in [0.4, 0.5) is 5.82 Å². The van der Waals surface area contributed by atoms with Gasteiger partial charge in [-0.05, 0) is 23.8 Å². The highest BCUT2D eigenvalue weighted by Crippen LogP contribution is 2.23. The fraction of sp³-hybridized carbons (Fsp3) is 0.364. The van der Waals surface area contributed by atoms with Gasteiger partial charge in [0, 0.05) is 19.2 Å². The van der Waals surface area contributed by atoms with Gasteiger partial charge in [0.1, 0.15) is 11.9 Å². The topological polar surface area (TPSA) is 57.0 Å². The molecule has 5 heteroatoms. The molecule has 0 radical (unpaired) electrons. The zero-order valence-electron chi connectivity index (χ0n) is 8.63. The lowest BCUT2D eigenvalue weighted by molar-refractivity contribution is -0.117. The van der Waals surface area contributed by atoms with E-state index < -0.39 is 0 Å². The first-order chi connectivity index (χ1) is 7.74. The molecule has 4 nitrogen and oxygen atoms in total. The summed E-state index contributed by atoms with van der Waals surface area (Å²) in [5.74, 6) is 1.70. The number of pyridine rings is 1. The molecule has 1 saturated heterocycles. The van der Waals surface area contributed by atoms with E-state index in [1.807, 2.05) is 6.07 Å². The smallest absolute Gasteiger partial charge is 0.228 e. The first kappa shape index (κ1) is 11.0. The Kier molecular flexibility index (Phi) is 3.11. The fourth-order valence-electron chi connectivity index (χ4n) is 1.74. The number of nitriles is 1. The summed E-state index contributed by atoms with van der Waals surface area (Å²) in [6.45, 7) is 0.668. The first-order valence-corrected chi connectivity index (χ1v) is 5.65. The standard InChI is InChI=1S/C11H11N3OS/c12-4-8-1-2-10(13-5-8)14-6-9(7-16)3-11(14)15/h1-2,5,9,16H,3,6-7H2. The minimum absolute atomic E-state index is 0.0799. The minimum Gasteiger partial charge on any atom is -0.297 e. The quantitative estimate of drug-likeness (QED) is 0.782. The van der Waals surface area contributed by atoms with Crippen LogP contribution in [0.2, 0.25) is 0 Å². The zero-order valence-corrected chi connectivity index (χ0v) is 9.52. The molecule has 1 aromatic rings. The van der Waals surface area contributed by atoms with Gasteiger partial charge in [-0.3, -0.25) is 9.69 Å². The average molecular weight is 233 g/mol. The van der Waals surface area contributed by atoms with Crippen LogP contribution in [0.5, 0.6) is 0 Å². The molecule has 1 fully saturated rings. The predicted octanol–water partition coefficient (Wildman–Crippen LogP) is 1.24. The van der Waals surface area contributed by atoms with E-state index in [9.17, 15) is 4.79 Å². The van der Waals surface area contributed by atoms with E-state index in [0.717, 1.165) is 0 Å². The number of carbonyl (C=O) groups excluding carboxylic acids is 1. The van der Waals surface area contributed by atoms with Gasteiger partial charge in [0.05, 0.1) is 5.56 Å². The molecule has 82 valence electrons. The van der Waals surface area contributed by atoms with E-state index in [4.69, 9.17) is 5.26 Å². The lowest BCUT2D eigenvalue weighted by atomic mass is 10.1. The molecule has 2 heterocycles. The average Bonchev–Trinajstić information content (AvgIpc) is 2.71. The molecule has 1 aliphatic rings. The van der Waals surface area contributed by atoms with Crippen molar-refractivity contribution in [1.82, 2.24) is 4.98 Å². The van der Waals surface area contributed by atoms with Crippen molar-refractivity contribution in [1.29, 1.82) is 5.26 Å². The number of carbonyl (C=O) groups is 1. The van der Waals surface area contributed by atoms with E-state index in [2.05, 4.69) is 17.6 Å². The van der Waals surface area contributed by atoms with Crippen LogP contribution in [-0.2, 0) is 4.79 Å². The molecular formula is C11H11N3OS. The Balaban J connectivity index is 2.19. The molecule has 1 amide bonds. The lowest BCUT2D eigenvalue weighted by Gasteiger charge is -2.14. The number of amides is 1. The number of rotatable bonds is 2. The molecular weight excluding hydrogens is 222 g/mol. The van der Waals surface area contributed by atoms with Crippen LogP contribution in [-0.4, -0.2) is 23.2 Å². The van der Waals surface area contributed by atoms with Gasteiger partial charge in [-0.2, -0.15) is 17.9 Å². The van der Waals surface area contributed by atoms with Crippen molar-refractivity contribution < 1.29 is 4.79 Å². The highest BCUT2D eigenvalue weighted by Gasteiger charge is 2.30. The van der Waals surface area contributed by atoms with Crippen molar-refractivity contribution in [2.75, 3.05) is 17.2 Å². The van der Waals surface area contributed by atoms with E-state index in [0.29, 0.717) is 36.0 Å². The molecule has 2 rings (SSSR count).